The number of aromatic amines is 1. The Balaban J connectivity index is 1.49. The number of aromatic nitrogens is 1. The van der Waals surface area contributed by atoms with E-state index < -0.39 is 0 Å². The van der Waals surface area contributed by atoms with E-state index in [2.05, 4.69) is 23.2 Å². The maximum Gasteiger partial charge on any atom is 0.307 e. The van der Waals surface area contributed by atoms with Crippen LogP contribution in [0, 0.1) is 0 Å². The lowest BCUT2D eigenvalue weighted by Crippen LogP contribution is -2.16. The van der Waals surface area contributed by atoms with Gasteiger partial charge in [0.15, 0.2) is 0 Å². The first-order valence-corrected chi connectivity index (χ1v) is 8.72. The number of hydrogen-bond donors (Lipinski definition) is 2. The molecule has 0 amide bonds. The highest BCUT2D eigenvalue weighted by molar-refractivity contribution is 7.09. The predicted molar refractivity (Wildman–Crippen MR) is 94.1 cm³/mol. The van der Waals surface area contributed by atoms with E-state index in [1.807, 2.05) is 30.3 Å². The van der Waals surface area contributed by atoms with E-state index in [-0.39, 0.29) is 16.9 Å². The Morgan fingerprint density at radius 2 is 2.00 bits per heavy atom. The maximum atomic E-state index is 11.3. The van der Waals surface area contributed by atoms with Crippen LogP contribution in [-0.2, 0) is 19.3 Å². The molecule has 1 aliphatic heterocycles. The van der Waals surface area contributed by atoms with Crippen LogP contribution >= 0.6 is 11.3 Å². The fourth-order valence-electron chi connectivity index (χ4n) is 3.13. The average Bonchev–Trinajstić information content (AvgIpc) is 3.10. The zero-order valence-electron chi connectivity index (χ0n) is 13.0. The van der Waals surface area contributed by atoms with Gasteiger partial charge in [-0.05, 0) is 22.8 Å². The molecule has 0 saturated carbocycles. The Morgan fingerprint density at radius 1 is 1.17 bits per heavy atom. The van der Waals surface area contributed by atoms with Crippen molar-refractivity contribution in [1.29, 1.82) is 0 Å². The SMILES string of the molecule is O=c1[nH]c(O)c(Cc2ccc3c(c2)CC(Cc2ccccc2)O3)s1. The van der Waals surface area contributed by atoms with Crippen molar-refractivity contribution < 1.29 is 9.84 Å². The molecule has 3 aromatic rings. The molecule has 2 heterocycles. The Bertz CT molecular complexity index is 914. The molecular formula is C19H17NO3S. The highest BCUT2D eigenvalue weighted by Gasteiger charge is 2.23. The van der Waals surface area contributed by atoms with Gasteiger partial charge < -0.3 is 9.84 Å². The summed E-state index contributed by atoms with van der Waals surface area (Å²) in [5.41, 5.74) is 3.54. The van der Waals surface area contributed by atoms with Gasteiger partial charge in [-0.15, -0.1) is 0 Å². The molecule has 5 heteroatoms. The van der Waals surface area contributed by atoms with Crippen LogP contribution in [0.2, 0.25) is 0 Å². The number of aromatic hydroxyl groups is 1. The topological polar surface area (TPSA) is 62.3 Å². The van der Waals surface area contributed by atoms with Crippen LogP contribution in [0.4, 0.5) is 0 Å². The van der Waals surface area contributed by atoms with Gasteiger partial charge >= 0.3 is 4.87 Å². The van der Waals surface area contributed by atoms with Crippen LogP contribution in [0.1, 0.15) is 21.6 Å². The summed E-state index contributed by atoms with van der Waals surface area (Å²) in [5, 5.41) is 9.72. The smallest absolute Gasteiger partial charge is 0.307 e. The summed E-state index contributed by atoms with van der Waals surface area (Å²) in [6.07, 6.45) is 2.49. The standard InChI is InChI=1S/C19H17NO3S/c21-18-17(24-19(22)20-18)10-13-6-7-16-14(8-13)11-15(23-16)9-12-4-2-1-3-5-12/h1-8,15,21H,9-11H2,(H,20,22). The molecule has 0 radical (unpaired) electrons. The highest BCUT2D eigenvalue weighted by Crippen LogP contribution is 2.32. The summed E-state index contributed by atoms with van der Waals surface area (Å²) in [4.78, 5) is 14.1. The number of thiazole rings is 1. The largest absolute Gasteiger partial charge is 0.494 e. The van der Waals surface area contributed by atoms with E-state index in [9.17, 15) is 9.90 Å². The number of rotatable bonds is 4. The van der Waals surface area contributed by atoms with Gasteiger partial charge in [0, 0.05) is 19.3 Å². The first kappa shape index (κ1) is 15.0. The van der Waals surface area contributed by atoms with Gasteiger partial charge in [-0.2, -0.15) is 0 Å². The van der Waals surface area contributed by atoms with Gasteiger partial charge in [-0.1, -0.05) is 53.8 Å². The summed E-state index contributed by atoms with van der Waals surface area (Å²) in [6.45, 7) is 0. The number of fused-ring (bicyclic) bond motifs is 1. The third-order valence-electron chi connectivity index (χ3n) is 4.24. The van der Waals surface area contributed by atoms with Crippen molar-refractivity contribution in [2.45, 2.75) is 25.4 Å². The second-order valence-corrected chi connectivity index (χ2v) is 7.11. The van der Waals surface area contributed by atoms with E-state index in [4.69, 9.17) is 4.74 Å². The number of nitrogens with one attached hydrogen (secondary N) is 1. The van der Waals surface area contributed by atoms with E-state index in [0.29, 0.717) is 11.3 Å². The second-order valence-electron chi connectivity index (χ2n) is 6.04. The second kappa shape index (κ2) is 6.17. The number of ether oxygens (including phenoxy) is 1. The van der Waals surface area contributed by atoms with E-state index >= 15 is 0 Å². The van der Waals surface area contributed by atoms with Gasteiger partial charge in [0.25, 0.3) is 0 Å². The lowest BCUT2D eigenvalue weighted by Gasteiger charge is -2.10. The minimum absolute atomic E-state index is 0.0243. The fraction of sp³-hybridized carbons (Fsp3) is 0.211. The molecule has 122 valence electrons. The molecule has 24 heavy (non-hydrogen) atoms. The fourth-order valence-corrected chi connectivity index (χ4v) is 3.89. The Kier molecular flexibility index (Phi) is 3.86. The summed E-state index contributed by atoms with van der Waals surface area (Å²) < 4.78 is 6.04. The quantitative estimate of drug-likeness (QED) is 0.767. The molecule has 2 N–H and O–H groups in total. The summed E-state index contributed by atoms with van der Waals surface area (Å²) in [6, 6.07) is 16.4. The third-order valence-corrected chi connectivity index (χ3v) is 5.11. The zero-order valence-corrected chi connectivity index (χ0v) is 13.8. The van der Waals surface area contributed by atoms with Crippen molar-refractivity contribution in [2.24, 2.45) is 0 Å². The van der Waals surface area contributed by atoms with Crippen LogP contribution in [0.15, 0.2) is 53.3 Å². The normalized spacial score (nSPS) is 15.9. The molecular weight excluding hydrogens is 322 g/mol. The maximum absolute atomic E-state index is 11.3. The van der Waals surface area contributed by atoms with Gasteiger partial charge in [-0.3, -0.25) is 9.78 Å². The van der Waals surface area contributed by atoms with E-state index in [0.717, 1.165) is 35.5 Å². The average molecular weight is 339 g/mol. The Hall–Kier alpha value is -2.53. The van der Waals surface area contributed by atoms with Gasteiger partial charge in [0.05, 0.1) is 4.88 Å². The van der Waals surface area contributed by atoms with Crippen LogP contribution in [0.25, 0.3) is 0 Å². The summed E-state index contributed by atoms with van der Waals surface area (Å²) >= 11 is 1.05. The minimum Gasteiger partial charge on any atom is -0.494 e. The van der Waals surface area contributed by atoms with Gasteiger partial charge in [0.1, 0.15) is 11.9 Å². The summed E-state index contributed by atoms with van der Waals surface area (Å²) in [5.74, 6) is 0.912. The van der Waals surface area contributed by atoms with Gasteiger partial charge in [-0.25, -0.2) is 0 Å². The molecule has 0 fully saturated rings. The monoisotopic (exact) mass is 339 g/mol. The Labute approximate surface area is 143 Å². The van der Waals surface area contributed by atoms with Crippen molar-refractivity contribution in [1.82, 2.24) is 4.98 Å². The van der Waals surface area contributed by atoms with Crippen molar-refractivity contribution in [3.05, 3.63) is 79.8 Å². The first-order chi connectivity index (χ1) is 11.7. The molecule has 0 bridgehead atoms. The lowest BCUT2D eigenvalue weighted by atomic mass is 10.0. The number of H-pyrrole nitrogens is 1. The van der Waals surface area contributed by atoms with Crippen LogP contribution in [0.5, 0.6) is 11.6 Å². The Morgan fingerprint density at radius 3 is 2.75 bits per heavy atom. The van der Waals surface area contributed by atoms with Crippen LogP contribution < -0.4 is 9.61 Å². The minimum atomic E-state index is -0.227. The first-order valence-electron chi connectivity index (χ1n) is 7.91. The third kappa shape index (κ3) is 3.08. The van der Waals surface area contributed by atoms with Crippen molar-refractivity contribution in [2.75, 3.05) is 0 Å². The van der Waals surface area contributed by atoms with Crippen LogP contribution in [0.3, 0.4) is 0 Å². The molecule has 0 aliphatic carbocycles. The van der Waals surface area contributed by atoms with Crippen molar-refractivity contribution >= 4 is 11.3 Å². The predicted octanol–water partition coefficient (Wildman–Crippen LogP) is 3.28. The van der Waals surface area contributed by atoms with Crippen molar-refractivity contribution in [3.8, 4) is 11.6 Å². The molecule has 2 aromatic carbocycles. The molecule has 1 aliphatic rings. The lowest BCUT2D eigenvalue weighted by molar-refractivity contribution is 0.233. The van der Waals surface area contributed by atoms with Gasteiger partial charge in [0.2, 0.25) is 5.88 Å². The highest BCUT2D eigenvalue weighted by atomic mass is 32.1. The van der Waals surface area contributed by atoms with Crippen LogP contribution in [-0.4, -0.2) is 16.2 Å². The number of benzene rings is 2. The zero-order chi connectivity index (χ0) is 16.5. The molecule has 1 atom stereocenters. The van der Waals surface area contributed by atoms with Crippen molar-refractivity contribution in [3.63, 3.8) is 0 Å². The number of hydrogen-bond acceptors (Lipinski definition) is 4. The van der Waals surface area contributed by atoms with E-state index in [1.54, 1.807) is 0 Å². The molecule has 1 unspecified atom stereocenters. The summed E-state index contributed by atoms with van der Waals surface area (Å²) in [7, 11) is 0. The molecule has 4 rings (SSSR count). The molecule has 4 nitrogen and oxygen atoms in total. The molecule has 0 spiro atoms. The molecule has 1 aromatic heterocycles. The molecule has 0 saturated heterocycles. The van der Waals surface area contributed by atoms with E-state index in [1.165, 1.54) is 11.1 Å².